The first kappa shape index (κ1) is 13.6. The second kappa shape index (κ2) is 6.39. The topological polar surface area (TPSA) is 29.5 Å². The number of methoxy groups -OCH3 is 1. The van der Waals surface area contributed by atoms with Gasteiger partial charge >= 0.3 is 0 Å². The predicted octanol–water partition coefficient (Wildman–Crippen LogP) is 3.52. The third-order valence-electron chi connectivity index (χ3n) is 3.38. The molecule has 0 spiro atoms. The predicted molar refractivity (Wildman–Crippen MR) is 77.7 cm³/mol. The fraction of sp³-hybridized carbons (Fsp3) is 0.294. The van der Waals surface area contributed by atoms with Crippen LogP contribution in [0.3, 0.4) is 0 Å². The maximum atomic E-state index is 9.34. The summed E-state index contributed by atoms with van der Waals surface area (Å²) in [5.41, 5.74) is 3.52. The van der Waals surface area contributed by atoms with Gasteiger partial charge in [0.1, 0.15) is 5.75 Å². The van der Waals surface area contributed by atoms with Crippen LogP contribution in [-0.4, -0.2) is 18.8 Å². The Bertz CT molecular complexity index is 520. The highest BCUT2D eigenvalue weighted by Crippen LogP contribution is 2.34. The molecule has 1 atom stereocenters. The van der Waals surface area contributed by atoms with E-state index in [1.165, 1.54) is 11.1 Å². The first-order valence-corrected chi connectivity index (χ1v) is 6.56. The second-order valence-electron chi connectivity index (χ2n) is 4.72. The number of ether oxygens (including phenoxy) is 1. The van der Waals surface area contributed by atoms with E-state index in [4.69, 9.17) is 4.74 Å². The van der Waals surface area contributed by atoms with Crippen molar-refractivity contribution >= 4 is 0 Å². The summed E-state index contributed by atoms with van der Waals surface area (Å²) in [6.45, 7) is 2.21. The number of hydrogen-bond donors (Lipinski definition) is 1. The number of benzene rings is 2. The Hall–Kier alpha value is -1.80. The number of aryl methyl sites for hydroxylation is 1. The van der Waals surface area contributed by atoms with Gasteiger partial charge in [0.15, 0.2) is 0 Å². The Morgan fingerprint density at radius 2 is 1.84 bits per heavy atom. The average molecular weight is 256 g/mol. The molecule has 0 aliphatic heterocycles. The summed E-state index contributed by atoms with van der Waals surface area (Å²) >= 11 is 0. The van der Waals surface area contributed by atoms with Crippen LogP contribution < -0.4 is 4.74 Å². The molecule has 19 heavy (non-hydrogen) atoms. The number of aliphatic hydroxyl groups is 1. The van der Waals surface area contributed by atoms with Crippen LogP contribution in [0.5, 0.6) is 5.75 Å². The van der Waals surface area contributed by atoms with Crippen molar-refractivity contribution in [2.45, 2.75) is 19.3 Å². The zero-order valence-electron chi connectivity index (χ0n) is 11.5. The van der Waals surface area contributed by atoms with Crippen LogP contribution >= 0.6 is 0 Å². The van der Waals surface area contributed by atoms with Crippen LogP contribution in [0.25, 0.3) is 0 Å². The van der Waals surface area contributed by atoms with Gasteiger partial charge in [-0.2, -0.15) is 0 Å². The van der Waals surface area contributed by atoms with Crippen LogP contribution in [0.15, 0.2) is 48.5 Å². The lowest BCUT2D eigenvalue weighted by atomic mass is 9.87. The Morgan fingerprint density at radius 1 is 1.11 bits per heavy atom. The van der Waals surface area contributed by atoms with Crippen LogP contribution in [0.4, 0.5) is 0 Å². The van der Waals surface area contributed by atoms with E-state index < -0.39 is 0 Å². The van der Waals surface area contributed by atoms with Gasteiger partial charge in [0.25, 0.3) is 0 Å². The van der Waals surface area contributed by atoms with Crippen molar-refractivity contribution in [1.82, 2.24) is 0 Å². The molecule has 0 aliphatic carbocycles. The fourth-order valence-electron chi connectivity index (χ4n) is 2.42. The number of aliphatic hydroxyl groups excluding tert-OH is 1. The molecule has 2 rings (SSSR count). The highest BCUT2D eigenvalue weighted by atomic mass is 16.5. The molecule has 100 valence electrons. The van der Waals surface area contributed by atoms with Crippen molar-refractivity contribution in [3.8, 4) is 5.75 Å². The van der Waals surface area contributed by atoms with Gasteiger partial charge in [-0.1, -0.05) is 42.5 Å². The average Bonchev–Trinajstić information content (AvgIpc) is 2.46. The van der Waals surface area contributed by atoms with Crippen LogP contribution in [0.2, 0.25) is 0 Å². The monoisotopic (exact) mass is 256 g/mol. The largest absolute Gasteiger partial charge is 0.496 e. The van der Waals surface area contributed by atoms with E-state index in [1.54, 1.807) is 7.11 Å². The summed E-state index contributed by atoms with van der Waals surface area (Å²) in [4.78, 5) is 0. The Labute approximate surface area is 114 Å². The third kappa shape index (κ3) is 3.15. The molecule has 0 aromatic heterocycles. The molecule has 0 saturated heterocycles. The van der Waals surface area contributed by atoms with E-state index in [-0.39, 0.29) is 12.5 Å². The molecule has 2 aromatic carbocycles. The molecular weight excluding hydrogens is 236 g/mol. The number of hydrogen-bond acceptors (Lipinski definition) is 2. The van der Waals surface area contributed by atoms with E-state index in [0.717, 1.165) is 11.3 Å². The zero-order chi connectivity index (χ0) is 13.7. The van der Waals surface area contributed by atoms with Crippen molar-refractivity contribution in [2.75, 3.05) is 13.7 Å². The molecule has 0 aliphatic rings. The molecule has 0 amide bonds. The summed E-state index contributed by atoms with van der Waals surface area (Å²) in [6, 6.07) is 16.5. The molecule has 0 saturated carbocycles. The van der Waals surface area contributed by atoms with Crippen molar-refractivity contribution in [3.63, 3.8) is 0 Å². The molecule has 2 aromatic rings. The Morgan fingerprint density at radius 3 is 2.47 bits per heavy atom. The molecule has 2 nitrogen and oxygen atoms in total. The molecule has 2 heteroatoms. The van der Waals surface area contributed by atoms with Crippen molar-refractivity contribution in [1.29, 1.82) is 0 Å². The van der Waals surface area contributed by atoms with E-state index in [2.05, 4.69) is 31.2 Å². The maximum Gasteiger partial charge on any atom is 0.122 e. The lowest BCUT2D eigenvalue weighted by Crippen LogP contribution is -2.06. The Balaban J connectivity index is 2.45. The quantitative estimate of drug-likeness (QED) is 0.887. The summed E-state index contributed by atoms with van der Waals surface area (Å²) in [5.74, 6) is 1.06. The van der Waals surface area contributed by atoms with Crippen LogP contribution in [0.1, 0.15) is 29.0 Å². The minimum atomic E-state index is 0.163. The maximum absolute atomic E-state index is 9.34. The normalized spacial score (nSPS) is 12.2. The highest BCUT2D eigenvalue weighted by Gasteiger charge is 2.17. The van der Waals surface area contributed by atoms with Gasteiger partial charge in [-0.25, -0.2) is 0 Å². The van der Waals surface area contributed by atoms with Gasteiger partial charge < -0.3 is 9.84 Å². The standard InChI is InChI=1S/C17H20O2/c1-13-8-9-16(17(12-13)19-2)15(10-11-18)14-6-4-3-5-7-14/h3-9,12,15,18H,10-11H2,1-2H3. The van der Waals surface area contributed by atoms with E-state index in [0.29, 0.717) is 6.42 Å². The smallest absolute Gasteiger partial charge is 0.122 e. The molecule has 1 unspecified atom stereocenters. The number of rotatable bonds is 5. The van der Waals surface area contributed by atoms with E-state index >= 15 is 0 Å². The molecule has 0 bridgehead atoms. The summed E-state index contributed by atoms with van der Waals surface area (Å²) in [5, 5.41) is 9.34. The molecule has 1 N–H and O–H groups in total. The minimum absolute atomic E-state index is 0.163. The van der Waals surface area contributed by atoms with Crippen molar-refractivity contribution in [3.05, 3.63) is 65.2 Å². The SMILES string of the molecule is COc1cc(C)ccc1C(CCO)c1ccccc1. The first-order chi connectivity index (χ1) is 9.26. The van der Waals surface area contributed by atoms with E-state index in [1.807, 2.05) is 24.3 Å². The lowest BCUT2D eigenvalue weighted by Gasteiger charge is -2.20. The summed E-state index contributed by atoms with van der Waals surface area (Å²) in [7, 11) is 1.69. The van der Waals surface area contributed by atoms with E-state index in [9.17, 15) is 5.11 Å². The zero-order valence-corrected chi connectivity index (χ0v) is 11.5. The van der Waals surface area contributed by atoms with Gasteiger partial charge in [0.05, 0.1) is 7.11 Å². The van der Waals surface area contributed by atoms with Crippen LogP contribution in [0, 0.1) is 6.92 Å². The first-order valence-electron chi connectivity index (χ1n) is 6.56. The van der Waals surface area contributed by atoms with Crippen LogP contribution in [-0.2, 0) is 0 Å². The summed E-state index contributed by atoms with van der Waals surface area (Å²) in [6.07, 6.45) is 0.698. The highest BCUT2D eigenvalue weighted by molar-refractivity contribution is 5.44. The van der Waals surface area contributed by atoms with Crippen molar-refractivity contribution < 1.29 is 9.84 Å². The van der Waals surface area contributed by atoms with Gasteiger partial charge in [0.2, 0.25) is 0 Å². The van der Waals surface area contributed by atoms with Crippen molar-refractivity contribution in [2.24, 2.45) is 0 Å². The Kier molecular flexibility index (Phi) is 4.58. The molecule has 0 heterocycles. The second-order valence-corrected chi connectivity index (χ2v) is 4.72. The molecule has 0 fully saturated rings. The minimum Gasteiger partial charge on any atom is -0.496 e. The van der Waals surface area contributed by atoms with Gasteiger partial charge in [-0.05, 0) is 30.5 Å². The van der Waals surface area contributed by atoms with Gasteiger partial charge in [-0.15, -0.1) is 0 Å². The summed E-state index contributed by atoms with van der Waals surface area (Å²) < 4.78 is 5.49. The van der Waals surface area contributed by atoms with Gasteiger partial charge in [-0.3, -0.25) is 0 Å². The molecular formula is C17H20O2. The fourth-order valence-corrected chi connectivity index (χ4v) is 2.42. The lowest BCUT2D eigenvalue weighted by molar-refractivity contribution is 0.280. The van der Waals surface area contributed by atoms with Gasteiger partial charge in [0, 0.05) is 18.1 Å². The third-order valence-corrected chi connectivity index (χ3v) is 3.38. The molecule has 0 radical (unpaired) electrons.